The zero-order chi connectivity index (χ0) is 17.4. The van der Waals surface area contributed by atoms with Crippen molar-refractivity contribution in [3.8, 4) is 0 Å². The minimum Gasteiger partial charge on any atom is -0.480 e. The molecule has 1 aromatic heterocycles. The second-order valence-electron chi connectivity index (χ2n) is 6.20. The molecule has 0 saturated heterocycles. The molecule has 2 heterocycles. The first-order chi connectivity index (χ1) is 11.4. The van der Waals surface area contributed by atoms with Gasteiger partial charge in [0.25, 0.3) is 0 Å². The van der Waals surface area contributed by atoms with Crippen LogP contribution < -0.4 is 0 Å². The van der Waals surface area contributed by atoms with Crippen molar-refractivity contribution in [1.29, 1.82) is 0 Å². The molecule has 1 amide bonds. The molecule has 2 aromatic rings. The molecule has 1 unspecified atom stereocenters. The maximum atomic E-state index is 12.8. The molecule has 0 saturated carbocycles. The van der Waals surface area contributed by atoms with E-state index in [1.807, 2.05) is 32.0 Å². The Hall–Kier alpha value is -2.70. The minimum absolute atomic E-state index is 0.168. The predicted molar refractivity (Wildman–Crippen MR) is 86.4 cm³/mol. The molecule has 1 atom stereocenters. The Morgan fingerprint density at radius 2 is 1.88 bits per heavy atom. The lowest BCUT2D eigenvalue weighted by Gasteiger charge is -2.33. The Morgan fingerprint density at radius 3 is 2.50 bits per heavy atom. The van der Waals surface area contributed by atoms with Crippen LogP contribution in [0.1, 0.15) is 28.3 Å². The van der Waals surface area contributed by atoms with Gasteiger partial charge < -0.3 is 14.6 Å². The van der Waals surface area contributed by atoms with Crippen LogP contribution in [0.5, 0.6) is 0 Å². The normalized spacial score (nSPS) is 16.8. The van der Waals surface area contributed by atoms with Crippen LogP contribution >= 0.6 is 0 Å². The van der Waals surface area contributed by atoms with Gasteiger partial charge in [-0.2, -0.15) is 0 Å². The van der Waals surface area contributed by atoms with Crippen LogP contribution in [0, 0.1) is 20.8 Å². The molecule has 7 heteroatoms. The van der Waals surface area contributed by atoms with E-state index in [1.54, 1.807) is 11.5 Å². The Kier molecular flexibility index (Phi) is 4.09. The number of carboxylic acids is 1. The van der Waals surface area contributed by atoms with E-state index in [-0.39, 0.29) is 25.4 Å². The van der Waals surface area contributed by atoms with Crippen molar-refractivity contribution in [2.45, 2.75) is 46.3 Å². The van der Waals surface area contributed by atoms with Gasteiger partial charge in [0.1, 0.15) is 11.9 Å². The number of aromatic nitrogens is 3. The topological polar surface area (TPSA) is 88.3 Å². The van der Waals surface area contributed by atoms with Crippen LogP contribution in [0.3, 0.4) is 0 Å². The summed E-state index contributed by atoms with van der Waals surface area (Å²) in [7, 11) is 0. The van der Waals surface area contributed by atoms with E-state index >= 15 is 0 Å². The Labute approximate surface area is 139 Å². The number of aryl methyl sites for hydroxylation is 3. The lowest BCUT2D eigenvalue weighted by molar-refractivity contribution is -0.152. The van der Waals surface area contributed by atoms with Gasteiger partial charge in [-0.3, -0.25) is 4.79 Å². The van der Waals surface area contributed by atoms with Gasteiger partial charge in [-0.05, 0) is 37.5 Å². The highest BCUT2D eigenvalue weighted by molar-refractivity contribution is 5.85. The van der Waals surface area contributed by atoms with Crippen LogP contribution in [-0.4, -0.2) is 42.7 Å². The van der Waals surface area contributed by atoms with E-state index in [9.17, 15) is 14.7 Å². The summed E-state index contributed by atoms with van der Waals surface area (Å²) in [5.74, 6) is 0.0771. The van der Waals surface area contributed by atoms with Crippen molar-refractivity contribution in [1.82, 2.24) is 19.7 Å². The van der Waals surface area contributed by atoms with E-state index in [4.69, 9.17) is 0 Å². The van der Waals surface area contributed by atoms with Crippen LogP contribution in [-0.2, 0) is 29.1 Å². The fourth-order valence-electron chi connectivity index (χ4n) is 3.17. The Balaban J connectivity index is 1.89. The highest BCUT2D eigenvalue weighted by Gasteiger charge is 2.36. The highest BCUT2D eigenvalue weighted by Crippen LogP contribution is 2.21. The number of carbonyl (C=O) groups excluding carboxylic acids is 1. The van der Waals surface area contributed by atoms with Gasteiger partial charge in [0.05, 0.1) is 19.5 Å². The van der Waals surface area contributed by atoms with Crippen molar-refractivity contribution in [2.24, 2.45) is 0 Å². The van der Waals surface area contributed by atoms with Gasteiger partial charge in [0, 0.05) is 0 Å². The molecule has 126 valence electrons. The van der Waals surface area contributed by atoms with Crippen LogP contribution in [0.25, 0.3) is 0 Å². The summed E-state index contributed by atoms with van der Waals surface area (Å²) in [5.41, 5.74) is 3.02. The van der Waals surface area contributed by atoms with E-state index in [1.165, 1.54) is 4.90 Å². The van der Waals surface area contributed by atoms with Gasteiger partial charge in [0.15, 0.2) is 5.82 Å². The minimum atomic E-state index is -1.01. The second-order valence-corrected chi connectivity index (χ2v) is 6.20. The van der Waals surface area contributed by atoms with Gasteiger partial charge >= 0.3 is 5.97 Å². The maximum absolute atomic E-state index is 12.8. The molecule has 0 radical (unpaired) electrons. The van der Waals surface area contributed by atoms with Gasteiger partial charge in [0.2, 0.25) is 5.91 Å². The maximum Gasteiger partial charge on any atom is 0.328 e. The third-order valence-electron chi connectivity index (χ3n) is 4.63. The van der Waals surface area contributed by atoms with Crippen molar-refractivity contribution >= 4 is 11.9 Å². The van der Waals surface area contributed by atoms with Gasteiger partial charge in [-0.25, -0.2) is 4.79 Å². The smallest absolute Gasteiger partial charge is 0.328 e. The van der Waals surface area contributed by atoms with Crippen LogP contribution in [0.15, 0.2) is 18.2 Å². The number of amides is 1. The molecule has 0 aliphatic carbocycles. The summed E-state index contributed by atoms with van der Waals surface area (Å²) >= 11 is 0. The van der Waals surface area contributed by atoms with Gasteiger partial charge in [-0.1, -0.05) is 18.2 Å². The molecule has 0 fully saturated rings. The zero-order valence-corrected chi connectivity index (χ0v) is 14.0. The molecule has 0 spiro atoms. The Bertz CT molecular complexity index is 792. The lowest BCUT2D eigenvalue weighted by atomic mass is 9.99. The number of hydrogen-bond donors (Lipinski definition) is 1. The van der Waals surface area contributed by atoms with Crippen molar-refractivity contribution < 1.29 is 14.7 Å². The van der Waals surface area contributed by atoms with Crippen molar-refractivity contribution in [3.05, 3.63) is 46.5 Å². The van der Waals surface area contributed by atoms with Crippen LogP contribution in [0.4, 0.5) is 0 Å². The zero-order valence-electron chi connectivity index (χ0n) is 14.0. The number of carboxylic acid groups (broad SMARTS) is 1. The highest BCUT2D eigenvalue weighted by atomic mass is 16.4. The predicted octanol–water partition coefficient (Wildman–Crippen LogP) is 1.24. The third-order valence-corrected chi connectivity index (χ3v) is 4.63. The summed E-state index contributed by atoms with van der Waals surface area (Å²) in [5, 5.41) is 17.6. The number of nitrogens with zero attached hydrogens (tertiary/aromatic N) is 4. The van der Waals surface area contributed by atoms with Crippen LogP contribution in [0.2, 0.25) is 0 Å². The van der Waals surface area contributed by atoms with Crippen molar-refractivity contribution in [3.63, 3.8) is 0 Å². The second kappa shape index (κ2) is 6.07. The fourth-order valence-corrected chi connectivity index (χ4v) is 3.17. The number of aliphatic carboxylic acids is 1. The summed E-state index contributed by atoms with van der Waals surface area (Å²) < 4.78 is 1.77. The average Bonchev–Trinajstić information content (AvgIpc) is 2.90. The lowest BCUT2D eigenvalue weighted by Crippen LogP contribution is -2.51. The molecule has 24 heavy (non-hydrogen) atoms. The first-order valence-corrected chi connectivity index (χ1v) is 7.84. The molecule has 1 N–H and O–H groups in total. The third kappa shape index (κ3) is 2.77. The molecule has 1 aliphatic rings. The number of carbonyl (C=O) groups is 2. The molecule has 1 aliphatic heterocycles. The molecule has 7 nitrogen and oxygen atoms in total. The summed E-state index contributed by atoms with van der Waals surface area (Å²) in [6.07, 6.45) is 0.190. The molecule has 1 aromatic carbocycles. The van der Waals surface area contributed by atoms with E-state index in [0.29, 0.717) is 11.6 Å². The molecular formula is C17H20N4O3. The van der Waals surface area contributed by atoms with E-state index < -0.39 is 12.0 Å². The SMILES string of the molecule is Cc1cccc(C)c1CC(=O)N1Cc2nnc(C)n2CC1C(=O)O. The first-order valence-electron chi connectivity index (χ1n) is 7.84. The standard InChI is InChI=1S/C17H20N4O3/c1-10-5-4-6-11(2)13(10)7-16(22)21-9-15-19-18-12(3)20(15)8-14(21)17(23)24/h4-6,14H,7-9H2,1-3H3,(H,23,24). The van der Waals surface area contributed by atoms with E-state index in [2.05, 4.69) is 10.2 Å². The largest absolute Gasteiger partial charge is 0.480 e. The van der Waals surface area contributed by atoms with Gasteiger partial charge in [-0.15, -0.1) is 10.2 Å². The number of benzene rings is 1. The number of hydrogen-bond acceptors (Lipinski definition) is 4. The summed E-state index contributed by atoms with van der Waals surface area (Å²) in [6.45, 7) is 6.05. The number of rotatable bonds is 3. The monoisotopic (exact) mass is 328 g/mol. The fraction of sp³-hybridized carbons (Fsp3) is 0.412. The quantitative estimate of drug-likeness (QED) is 0.916. The first kappa shape index (κ1) is 16.2. The summed E-state index contributed by atoms with van der Waals surface area (Å²) in [6, 6.07) is 4.97. The summed E-state index contributed by atoms with van der Waals surface area (Å²) in [4.78, 5) is 25.9. The van der Waals surface area contributed by atoms with Crippen molar-refractivity contribution in [2.75, 3.05) is 0 Å². The molecular weight excluding hydrogens is 308 g/mol. The Morgan fingerprint density at radius 1 is 1.21 bits per heavy atom. The molecule has 3 rings (SSSR count). The molecule has 0 bridgehead atoms. The van der Waals surface area contributed by atoms with E-state index in [0.717, 1.165) is 16.7 Å². The number of fused-ring (bicyclic) bond motifs is 1. The average molecular weight is 328 g/mol.